The minimum atomic E-state index is -4.59. The Kier molecular flexibility index (Phi) is 4.25. The summed E-state index contributed by atoms with van der Waals surface area (Å²) in [6.45, 7) is 0. The van der Waals surface area contributed by atoms with Crippen molar-refractivity contribution in [1.82, 2.24) is 15.0 Å². The molecule has 0 amide bonds. The lowest BCUT2D eigenvalue weighted by atomic mass is 10.1. The van der Waals surface area contributed by atoms with E-state index in [1.165, 1.54) is 24.5 Å². The van der Waals surface area contributed by atoms with E-state index >= 15 is 0 Å². The molecular weight excluding hydrogens is 360 g/mol. The smallest absolute Gasteiger partial charge is 0.367 e. The van der Waals surface area contributed by atoms with Crippen LogP contribution in [0.15, 0.2) is 54.9 Å². The van der Waals surface area contributed by atoms with Crippen LogP contribution in [-0.4, -0.2) is 21.0 Å². The summed E-state index contributed by atoms with van der Waals surface area (Å²) in [4.78, 5) is 11.7. The average Bonchev–Trinajstić information content (AvgIpc) is 3.40. The predicted octanol–water partition coefficient (Wildman–Crippen LogP) is 4.66. The van der Waals surface area contributed by atoms with Crippen molar-refractivity contribution in [3.05, 3.63) is 71.9 Å². The molecule has 1 aliphatic rings. The van der Waals surface area contributed by atoms with Crippen LogP contribution in [0.3, 0.4) is 0 Å². The fourth-order valence-electron chi connectivity index (χ4n) is 2.95. The zero-order valence-corrected chi connectivity index (χ0v) is 13.9. The third-order valence-corrected chi connectivity index (χ3v) is 4.36. The van der Waals surface area contributed by atoms with Gasteiger partial charge in [0.05, 0.1) is 0 Å². The zero-order chi connectivity index (χ0) is 19.0. The summed E-state index contributed by atoms with van der Waals surface area (Å²) < 4.78 is 53.1. The number of halogens is 4. The Morgan fingerprint density at radius 2 is 1.78 bits per heavy atom. The molecule has 1 aliphatic carbocycles. The number of nitrogens with zero attached hydrogens (tertiary/aromatic N) is 3. The Labute approximate surface area is 152 Å². The second-order valence-electron chi connectivity index (χ2n) is 6.34. The highest BCUT2D eigenvalue weighted by atomic mass is 19.4. The van der Waals surface area contributed by atoms with E-state index in [-0.39, 0.29) is 29.4 Å². The molecule has 2 heterocycles. The highest BCUT2D eigenvalue weighted by Gasteiger charge is 2.40. The van der Waals surface area contributed by atoms with Crippen molar-refractivity contribution in [3.8, 4) is 11.4 Å². The average molecular weight is 374 g/mol. The van der Waals surface area contributed by atoms with Crippen molar-refractivity contribution < 1.29 is 17.6 Å². The van der Waals surface area contributed by atoms with E-state index in [0.717, 1.165) is 11.6 Å². The van der Waals surface area contributed by atoms with Crippen molar-refractivity contribution in [2.75, 3.05) is 5.32 Å². The molecule has 1 fully saturated rings. The number of nitrogens with one attached hydrogen (secondary N) is 1. The van der Waals surface area contributed by atoms with Crippen LogP contribution in [0.25, 0.3) is 11.4 Å². The largest absolute Gasteiger partial charge is 0.433 e. The first-order valence-corrected chi connectivity index (χ1v) is 8.29. The van der Waals surface area contributed by atoms with Gasteiger partial charge in [0.2, 0.25) is 0 Å². The van der Waals surface area contributed by atoms with Crippen LogP contribution in [0.4, 0.5) is 23.4 Å². The molecule has 1 aromatic carbocycles. The van der Waals surface area contributed by atoms with E-state index in [2.05, 4.69) is 20.3 Å². The number of benzene rings is 1. The van der Waals surface area contributed by atoms with Gasteiger partial charge in [0.1, 0.15) is 11.6 Å². The standard InChI is InChI=1S/C19H14F4N4/c20-13-3-1-2-12(8-13)14-9-15(14)25-17-10-16(19(21,22)23)26-18(27-17)11-4-6-24-7-5-11/h1-8,10,14-15H,9H2,(H,25,26,27)/t14-,15+/m0/s1. The molecule has 0 unspecified atom stereocenters. The van der Waals surface area contributed by atoms with Gasteiger partial charge in [-0.05, 0) is 36.2 Å². The Hall–Kier alpha value is -3.03. The van der Waals surface area contributed by atoms with Gasteiger partial charge >= 0.3 is 6.18 Å². The van der Waals surface area contributed by atoms with Gasteiger partial charge in [-0.25, -0.2) is 14.4 Å². The number of pyridine rings is 1. The van der Waals surface area contributed by atoms with Crippen LogP contribution in [0.5, 0.6) is 0 Å². The maximum absolute atomic E-state index is 13.4. The fraction of sp³-hybridized carbons (Fsp3) is 0.211. The van der Waals surface area contributed by atoms with E-state index in [9.17, 15) is 17.6 Å². The first-order valence-electron chi connectivity index (χ1n) is 8.29. The summed E-state index contributed by atoms with van der Waals surface area (Å²) in [5.41, 5.74) is 0.235. The highest BCUT2D eigenvalue weighted by molar-refractivity contribution is 5.57. The summed E-state index contributed by atoms with van der Waals surface area (Å²) in [6, 6.07) is 10.1. The molecule has 2 aromatic heterocycles. The normalized spacial score (nSPS) is 19.0. The molecule has 0 bridgehead atoms. The maximum atomic E-state index is 13.4. The molecule has 1 N–H and O–H groups in total. The van der Waals surface area contributed by atoms with Gasteiger partial charge in [-0.3, -0.25) is 4.98 Å². The Balaban J connectivity index is 1.61. The Morgan fingerprint density at radius 1 is 1.00 bits per heavy atom. The van der Waals surface area contributed by atoms with Gasteiger partial charge < -0.3 is 5.32 Å². The number of alkyl halides is 3. The second-order valence-corrected chi connectivity index (χ2v) is 6.34. The van der Waals surface area contributed by atoms with Gasteiger partial charge in [0, 0.05) is 36.0 Å². The van der Waals surface area contributed by atoms with Crippen LogP contribution in [-0.2, 0) is 6.18 Å². The lowest BCUT2D eigenvalue weighted by molar-refractivity contribution is -0.141. The third kappa shape index (κ3) is 3.89. The molecule has 0 radical (unpaired) electrons. The number of anilines is 1. The molecule has 0 aliphatic heterocycles. The summed E-state index contributed by atoms with van der Waals surface area (Å²) in [5.74, 6) is -0.236. The molecule has 0 saturated heterocycles. The first kappa shape index (κ1) is 17.4. The van der Waals surface area contributed by atoms with Gasteiger partial charge in [0.25, 0.3) is 0 Å². The van der Waals surface area contributed by atoms with Crippen molar-refractivity contribution in [2.24, 2.45) is 0 Å². The van der Waals surface area contributed by atoms with Crippen molar-refractivity contribution in [1.29, 1.82) is 0 Å². The van der Waals surface area contributed by atoms with E-state index in [4.69, 9.17) is 0 Å². The summed E-state index contributed by atoms with van der Waals surface area (Å²) in [7, 11) is 0. The molecule has 8 heteroatoms. The van der Waals surface area contributed by atoms with Gasteiger partial charge in [0.15, 0.2) is 11.5 Å². The van der Waals surface area contributed by atoms with Gasteiger partial charge in [-0.15, -0.1) is 0 Å². The minimum Gasteiger partial charge on any atom is -0.367 e. The highest BCUT2D eigenvalue weighted by Crippen LogP contribution is 2.43. The lowest BCUT2D eigenvalue weighted by Crippen LogP contribution is -2.13. The van der Waals surface area contributed by atoms with E-state index in [0.29, 0.717) is 12.0 Å². The van der Waals surface area contributed by atoms with Crippen LogP contribution in [0.2, 0.25) is 0 Å². The number of aromatic nitrogens is 3. The first-order chi connectivity index (χ1) is 12.9. The summed E-state index contributed by atoms with van der Waals surface area (Å²) in [6.07, 6.45) is -0.966. The van der Waals surface area contributed by atoms with E-state index in [1.54, 1.807) is 24.3 Å². The number of hydrogen-bond donors (Lipinski definition) is 1. The van der Waals surface area contributed by atoms with Crippen LogP contribution in [0, 0.1) is 5.82 Å². The molecule has 4 rings (SSSR count). The lowest BCUT2D eigenvalue weighted by Gasteiger charge is -2.12. The third-order valence-electron chi connectivity index (χ3n) is 4.36. The summed E-state index contributed by atoms with van der Waals surface area (Å²) >= 11 is 0. The molecule has 3 aromatic rings. The molecule has 27 heavy (non-hydrogen) atoms. The van der Waals surface area contributed by atoms with Crippen LogP contribution in [0.1, 0.15) is 23.6 Å². The molecule has 1 saturated carbocycles. The molecule has 4 nitrogen and oxygen atoms in total. The van der Waals surface area contributed by atoms with E-state index < -0.39 is 11.9 Å². The Bertz CT molecular complexity index is 959. The molecular formula is C19H14F4N4. The molecule has 0 spiro atoms. The van der Waals surface area contributed by atoms with Crippen LogP contribution < -0.4 is 5.32 Å². The van der Waals surface area contributed by atoms with Crippen molar-refractivity contribution in [2.45, 2.75) is 24.6 Å². The number of rotatable bonds is 4. The Morgan fingerprint density at radius 3 is 2.48 bits per heavy atom. The van der Waals surface area contributed by atoms with Crippen molar-refractivity contribution >= 4 is 5.82 Å². The van der Waals surface area contributed by atoms with Gasteiger partial charge in [-0.2, -0.15) is 13.2 Å². The molecule has 138 valence electrons. The van der Waals surface area contributed by atoms with Gasteiger partial charge in [-0.1, -0.05) is 12.1 Å². The SMILES string of the molecule is Fc1cccc([C@@H]2C[C@H]2Nc2cc(C(F)(F)F)nc(-c3ccncc3)n2)c1. The second kappa shape index (κ2) is 6.61. The van der Waals surface area contributed by atoms with Crippen molar-refractivity contribution in [3.63, 3.8) is 0 Å². The predicted molar refractivity (Wildman–Crippen MR) is 91.4 cm³/mol. The zero-order valence-electron chi connectivity index (χ0n) is 13.9. The molecule has 2 atom stereocenters. The minimum absolute atomic E-state index is 0.0299. The number of hydrogen-bond acceptors (Lipinski definition) is 4. The fourth-order valence-corrected chi connectivity index (χ4v) is 2.95. The monoisotopic (exact) mass is 374 g/mol. The van der Waals surface area contributed by atoms with Crippen LogP contribution >= 0.6 is 0 Å². The topological polar surface area (TPSA) is 50.7 Å². The van der Waals surface area contributed by atoms with E-state index in [1.807, 2.05) is 0 Å². The maximum Gasteiger partial charge on any atom is 0.433 e. The summed E-state index contributed by atoms with van der Waals surface area (Å²) in [5, 5.41) is 3.02. The quantitative estimate of drug-likeness (QED) is 0.675.